The van der Waals surface area contributed by atoms with Gasteiger partial charge in [0, 0.05) is 27.8 Å². The second-order valence-corrected chi connectivity index (χ2v) is 5.94. The Morgan fingerprint density at radius 3 is 2.58 bits per heavy atom. The number of hydrogen-bond donors (Lipinski definition) is 1. The third-order valence-corrected chi connectivity index (χ3v) is 4.20. The quantitative estimate of drug-likeness (QED) is 0.834. The van der Waals surface area contributed by atoms with Crippen LogP contribution in [-0.2, 0) is 19.3 Å². The van der Waals surface area contributed by atoms with Gasteiger partial charge in [0.2, 0.25) is 0 Å². The molecule has 19 heavy (non-hydrogen) atoms. The van der Waals surface area contributed by atoms with Crippen LogP contribution >= 0.6 is 27.3 Å². The summed E-state index contributed by atoms with van der Waals surface area (Å²) in [4.78, 5) is 1.14. The third kappa shape index (κ3) is 4.33. The lowest BCUT2D eigenvalue weighted by Crippen LogP contribution is -2.13. The van der Waals surface area contributed by atoms with Crippen LogP contribution in [0.4, 0.5) is 13.2 Å². The highest BCUT2D eigenvalue weighted by Gasteiger charge is 2.30. The largest absolute Gasteiger partial charge is 0.416 e. The maximum atomic E-state index is 12.5. The molecule has 1 aromatic heterocycles. The summed E-state index contributed by atoms with van der Waals surface area (Å²) in [5.41, 5.74) is 0.0242. The van der Waals surface area contributed by atoms with Crippen molar-refractivity contribution >= 4 is 27.3 Å². The summed E-state index contributed by atoms with van der Waals surface area (Å²) in [5.74, 6) is 0. The Bertz CT molecular complexity index is 551. The number of alkyl halides is 3. The van der Waals surface area contributed by atoms with E-state index in [0.717, 1.165) is 15.4 Å². The fourth-order valence-corrected chi connectivity index (χ4v) is 3.05. The van der Waals surface area contributed by atoms with Gasteiger partial charge in [-0.25, -0.2) is 0 Å². The minimum absolute atomic E-state index is 0.416. The average molecular weight is 350 g/mol. The van der Waals surface area contributed by atoms with Crippen molar-refractivity contribution < 1.29 is 13.2 Å². The van der Waals surface area contributed by atoms with Gasteiger partial charge in [0.1, 0.15) is 0 Å². The number of rotatable bonds is 4. The van der Waals surface area contributed by atoms with Gasteiger partial charge in [-0.1, -0.05) is 18.2 Å². The molecule has 0 radical (unpaired) electrons. The maximum Gasteiger partial charge on any atom is 0.416 e. The van der Waals surface area contributed by atoms with Gasteiger partial charge >= 0.3 is 6.18 Å². The highest BCUT2D eigenvalue weighted by Crippen LogP contribution is 2.29. The number of thiophene rings is 1. The zero-order chi connectivity index (χ0) is 13.9. The second-order valence-electron chi connectivity index (χ2n) is 4.03. The summed E-state index contributed by atoms with van der Waals surface area (Å²) < 4.78 is 38.6. The van der Waals surface area contributed by atoms with Gasteiger partial charge < -0.3 is 5.32 Å². The lowest BCUT2D eigenvalue weighted by Gasteiger charge is -2.09. The van der Waals surface area contributed by atoms with Gasteiger partial charge in [-0.3, -0.25) is 0 Å². The van der Waals surface area contributed by atoms with Crippen LogP contribution in [0.2, 0.25) is 0 Å². The van der Waals surface area contributed by atoms with Crippen LogP contribution in [-0.4, -0.2) is 0 Å². The zero-order valence-corrected chi connectivity index (χ0v) is 12.2. The summed E-state index contributed by atoms with van der Waals surface area (Å²) in [5, 5.41) is 5.11. The van der Waals surface area contributed by atoms with Gasteiger partial charge in [0.25, 0.3) is 0 Å². The van der Waals surface area contributed by atoms with Crippen molar-refractivity contribution in [2.45, 2.75) is 19.3 Å². The van der Waals surface area contributed by atoms with Gasteiger partial charge in [0.05, 0.1) is 5.56 Å². The van der Waals surface area contributed by atoms with Crippen molar-refractivity contribution in [2.75, 3.05) is 0 Å². The molecular formula is C13H11BrF3NS. The minimum atomic E-state index is -4.28. The number of hydrogen-bond acceptors (Lipinski definition) is 2. The van der Waals surface area contributed by atoms with Crippen molar-refractivity contribution in [3.05, 3.63) is 56.2 Å². The summed E-state index contributed by atoms with van der Waals surface area (Å²) in [6.07, 6.45) is -4.28. The molecule has 0 atom stereocenters. The molecule has 2 aromatic rings. The SMILES string of the molecule is FC(F)(F)c1cccc(CNCc2cc(Br)cs2)c1. The van der Waals surface area contributed by atoms with Gasteiger partial charge in [0.15, 0.2) is 0 Å². The normalized spacial score (nSPS) is 11.8. The van der Waals surface area contributed by atoms with Crippen molar-refractivity contribution in [1.82, 2.24) is 5.32 Å². The smallest absolute Gasteiger partial charge is 0.308 e. The molecule has 0 bridgehead atoms. The molecule has 102 valence electrons. The Labute approximate surface area is 121 Å². The van der Waals surface area contributed by atoms with Crippen LogP contribution in [0.25, 0.3) is 0 Å². The monoisotopic (exact) mass is 349 g/mol. The molecule has 1 nitrogen and oxygen atoms in total. The first kappa shape index (κ1) is 14.6. The molecule has 1 aromatic carbocycles. The fourth-order valence-electron chi connectivity index (χ4n) is 1.63. The van der Waals surface area contributed by atoms with Crippen molar-refractivity contribution in [1.29, 1.82) is 0 Å². The van der Waals surface area contributed by atoms with E-state index in [1.807, 2.05) is 11.4 Å². The van der Waals surface area contributed by atoms with E-state index in [1.54, 1.807) is 17.4 Å². The molecule has 2 rings (SSSR count). The Kier molecular flexibility index (Phi) is 4.65. The first-order valence-electron chi connectivity index (χ1n) is 5.55. The highest BCUT2D eigenvalue weighted by molar-refractivity contribution is 9.10. The van der Waals surface area contributed by atoms with Crippen LogP contribution < -0.4 is 5.32 Å². The number of benzene rings is 1. The van der Waals surface area contributed by atoms with E-state index in [4.69, 9.17) is 0 Å². The first-order valence-corrected chi connectivity index (χ1v) is 7.22. The topological polar surface area (TPSA) is 12.0 Å². The van der Waals surface area contributed by atoms with Crippen molar-refractivity contribution in [3.63, 3.8) is 0 Å². The second kappa shape index (κ2) is 6.07. The van der Waals surface area contributed by atoms with E-state index in [-0.39, 0.29) is 0 Å². The van der Waals surface area contributed by atoms with E-state index < -0.39 is 11.7 Å². The minimum Gasteiger partial charge on any atom is -0.308 e. The predicted octanol–water partition coefficient (Wildman–Crippen LogP) is 4.82. The lowest BCUT2D eigenvalue weighted by atomic mass is 10.1. The zero-order valence-electron chi connectivity index (χ0n) is 9.80. The molecule has 0 aliphatic heterocycles. The van der Waals surface area contributed by atoms with E-state index in [1.165, 1.54) is 12.1 Å². The van der Waals surface area contributed by atoms with Crippen LogP contribution in [0.1, 0.15) is 16.0 Å². The van der Waals surface area contributed by atoms with Crippen LogP contribution in [0.5, 0.6) is 0 Å². The Hall–Kier alpha value is -0.850. The summed E-state index contributed by atoms with van der Waals surface area (Å²) >= 11 is 4.96. The predicted molar refractivity (Wildman–Crippen MR) is 74.0 cm³/mol. The van der Waals surface area contributed by atoms with E-state index >= 15 is 0 Å². The average Bonchev–Trinajstić information content (AvgIpc) is 2.74. The highest BCUT2D eigenvalue weighted by atomic mass is 79.9. The van der Waals surface area contributed by atoms with Crippen LogP contribution in [0.3, 0.4) is 0 Å². The van der Waals surface area contributed by atoms with E-state index in [0.29, 0.717) is 18.7 Å². The summed E-state index contributed by atoms with van der Waals surface area (Å²) in [6, 6.07) is 7.37. The van der Waals surface area contributed by atoms with Crippen LogP contribution in [0.15, 0.2) is 40.2 Å². The van der Waals surface area contributed by atoms with E-state index in [9.17, 15) is 13.2 Å². The summed E-state index contributed by atoms with van der Waals surface area (Å²) in [7, 11) is 0. The third-order valence-electron chi connectivity index (χ3n) is 2.50. The molecule has 1 heterocycles. The molecule has 0 amide bonds. The van der Waals surface area contributed by atoms with Crippen molar-refractivity contribution in [3.8, 4) is 0 Å². The molecular weight excluding hydrogens is 339 g/mol. The van der Waals surface area contributed by atoms with Gasteiger partial charge in [-0.15, -0.1) is 11.3 Å². The molecule has 0 saturated carbocycles. The van der Waals surface area contributed by atoms with Gasteiger partial charge in [-0.05, 0) is 33.6 Å². The molecule has 0 unspecified atom stereocenters. The molecule has 0 aliphatic rings. The molecule has 0 spiro atoms. The first-order chi connectivity index (χ1) is 8.95. The van der Waals surface area contributed by atoms with E-state index in [2.05, 4.69) is 21.2 Å². The number of nitrogens with one attached hydrogen (secondary N) is 1. The molecule has 0 fully saturated rings. The van der Waals surface area contributed by atoms with Crippen molar-refractivity contribution in [2.24, 2.45) is 0 Å². The Morgan fingerprint density at radius 1 is 1.16 bits per heavy atom. The molecule has 1 N–H and O–H groups in total. The van der Waals surface area contributed by atoms with Crippen LogP contribution in [0, 0.1) is 0 Å². The summed E-state index contributed by atoms with van der Waals surface area (Å²) in [6.45, 7) is 1.06. The standard InChI is InChI=1S/C13H11BrF3NS/c14-11-5-12(19-8-11)7-18-6-9-2-1-3-10(4-9)13(15,16)17/h1-5,8,18H,6-7H2. The Morgan fingerprint density at radius 2 is 1.95 bits per heavy atom. The fraction of sp³-hybridized carbons (Fsp3) is 0.231. The molecule has 0 saturated heterocycles. The Balaban J connectivity index is 1.93. The molecule has 6 heteroatoms. The number of halogens is 4. The van der Waals surface area contributed by atoms with Gasteiger partial charge in [-0.2, -0.15) is 13.2 Å². The lowest BCUT2D eigenvalue weighted by molar-refractivity contribution is -0.137. The molecule has 0 aliphatic carbocycles. The maximum absolute atomic E-state index is 12.5.